The highest BCUT2D eigenvalue weighted by Crippen LogP contribution is 2.37. The monoisotopic (exact) mass is 283 g/mol. The summed E-state index contributed by atoms with van der Waals surface area (Å²) in [6.07, 6.45) is -4.89. The van der Waals surface area contributed by atoms with Crippen LogP contribution < -0.4 is 0 Å². The smallest absolute Gasteiger partial charge is 0.207 e. The fourth-order valence-electron chi connectivity index (χ4n) is 1.37. The van der Waals surface area contributed by atoms with Crippen LogP contribution in [0.1, 0.15) is 16.7 Å². The first-order valence-corrected chi connectivity index (χ1v) is 6.45. The molecular formula is C9H5ClF3NO2S. The van der Waals surface area contributed by atoms with Crippen molar-refractivity contribution < 1.29 is 21.6 Å². The standard InChI is InChI=1S/C9H5ClF3NO2S/c1-5-2-6(4-14)3-7(9(11,12)13)8(5)17(10,15)16/h2-3H,1H3. The Kier molecular flexibility index (Phi) is 3.41. The summed E-state index contributed by atoms with van der Waals surface area (Å²) in [5, 5.41) is 8.55. The van der Waals surface area contributed by atoms with Crippen LogP contribution >= 0.6 is 10.7 Å². The minimum absolute atomic E-state index is 0.216. The minimum atomic E-state index is -4.89. The van der Waals surface area contributed by atoms with Gasteiger partial charge < -0.3 is 0 Å². The first-order chi connectivity index (χ1) is 7.57. The second-order valence-corrected chi connectivity index (χ2v) is 5.72. The molecule has 1 aromatic rings. The zero-order chi connectivity index (χ0) is 13.4. The van der Waals surface area contributed by atoms with Crippen LogP contribution in [-0.4, -0.2) is 8.42 Å². The summed E-state index contributed by atoms with van der Waals surface area (Å²) in [5.74, 6) is 0. The molecule has 8 heteroatoms. The van der Waals surface area contributed by atoms with Gasteiger partial charge in [0.05, 0.1) is 22.1 Å². The van der Waals surface area contributed by atoms with E-state index in [9.17, 15) is 21.6 Å². The average Bonchev–Trinajstić information content (AvgIpc) is 2.12. The molecule has 0 fully saturated rings. The number of halogens is 4. The molecular weight excluding hydrogens is 279 g/mol. The number of nitriles is 1. The molecule has 0 unspecified atom stereocenters. The zero-order valence-corrected chi connectivity index (χ0v) is 9.91. The van der Waals surface area contributed by atoms with Gasteiger partial charge in [0, 0.05) is 10.7 Å². The van der Waals surface area contributed by atoms with E-state index in [4.69, 9.17) is 15.9 Å². The lowest BCUT2D eigenvalue weighted by Crippen LogP contribution is -2.12. The molecule has 0 aromatic heterocycles. The number of nitrogens with zero attached hydrogens (tertiary/aromatic N) is 1. The van der Waals surface area contributed by atoms with Crippen molar-refractivity contribution in [2.24, 2.45) is 0 Å². The van der Waals surface area contributed by atoms with E-state index < -0.39 is 25.7 Å². The van der Waals surface area contributed by atoms with Crippen LogP contribution in [0.5, 0.6) is 0 Å². The maximum atomic E-state index is 12.6. The molecule has 0 saturated carbocycles. The van der Waals surface area contributed by atoms with Gasteiger partial charge in [-0.05, 0) is 24.6 Å². The fraction of sp³-hybridized carbons (Fsp3) is 0.222. The second-order valence-electron chi connectivity index (χ2n) is 3.22. The van der Waals surface area contributed by atoms with Crippen molar-refractivity contribution in [3.63, 3.8) is 0 Å². The van der Waals surface area contributed by atoms with Crippen molar-refractivity contribution >= 4 is 19.7 Å². The Morgan fingerprint density at radius 1 is 1.35 bits per heavy atom. The van der Waals surface area contributed by atoms with Crippen molar-refractivity contribution in [3.05, 3.63) is 28.8 Å². The molecule has 0 N–H and O–H groups in total. The maximum Gasteiger partial charge on any atom is 0.417 e. The van der Waals surface area contributed by atoms with E-state index in [1.165, 1.54) is 6.07 Å². The lowest BCUT2D eigenvalue weighted by atomic mass is 10.1. The van der Waals surface area contributed by atoms with Gasteiger partial charge >= 0.3 is 6.18 Å². The summed E-state index contributed by atoms with van der Waals surface area (Å²) in [6, 6.07) is 3.01. The van der Waals surface area contributed by atoms with Crippen LogP contribution in [-0.2, 0) is 15.2 Å². The van der Waals surface area contributed by atoms with Crippen LogP contribution in [0.2, 0.25) is 0 Å². The van der Waals surface area contributed by atoms with Crippen LogP contribution in [0, 0.1) is 18.3 Å². The molecule has 92 valence electrons. The molecule has 0 amide bonds. The van der Waals surface area contributed by atoms with E-state index in [0.717, 1.165) is 13.0 Å². The predicted octanol–water partition coefficient (Wildman–Crippen LogP) is 2.81. The molecule has 0 heterocycles. The van der Waals surface area contributed by atoms with E-state index in [1.807, 2.05) is 0 Å². The van der Waals surface area contributed by atoms with Gasteiger partial charge in [-0.15, -0.1) is 0 Å². The van der Waals surface area contributed by atoms with E-state index >= 15 is 0 Å². The van der Waals surface area contributed by atoms with Gasteiger partial charge in [0.1, 0.15) is 0 Å². The summed E-state index contributed by atoms with van der Waals surface area (Å²) in [5.41, 5.74) is -1.92. The highest BCUT2D eigenvalue weighted by atomic mass is 35.7. The van der Waals surface area contributed by atoms with Crippen molar-refractivity contribution in [2.75, 3.05) is 0 Å². The van der Waals surface area contributed by atoms with Gasteiger partial charge in [0.15, 0.2) is 0 Å². The quantitative estimate of drug-likeness (QED) is 0.745. The number of alkyl halides is 3. The summed E-state index contributed by atoms with van der Waals surface area (Å²) >= 11 is 0. The Bertz CT molecular complexity index is 602. The molecule has 0 aliphatic heterocycles. The van der Waals surface area contributed by atoms with Crippen LogP contribution in [0.15, 0.2) is 17.0 Å². The summed E-state index contributed by atoms with van der Waals surface area (Å²) in [7, 11) is 0.430. The van der Waals surface area contributed by atoms with Crippen molar-refractivity contribution in [3.8, 4) is 6.07 Å². The molecule has 0 aliphatic rings. The van der Waals surface area contributed by atoms with E-state index in [2.05, 4.69) is 0 Å². The average molecular weight is 284 g/mol. The van der Waals surface area contributed by atoms with Gasteiger partial charge in [-0.1, -0.05) is 0 Å². The lowest BCUT2D eigenvalue weighted by molar-refractivity contribution is -0.139. The highest BCUT2D eigenvalue weighted by molar-refractivity contribution is 8.13. The fourth-order valence-corrected chi connectivity index (χ4v) is 2.87. The number of hydrogen-bond donors (Lipinski definition) is 0. The minimum Gasteiger partial charge on any atom is -0.207 e. The molecule has 0 bridgehead atoms. The Balaban J connectivity index is 3.78. The second kappa shape index (κ2) is 4.20. The van der Waals surface area contributed by atoms with Gasteiger partial charge in [0.25, 0.3) is 9.05 Å². The van der Waals surface area contributed by atoms with Crippen LogP contribution in [0.25, 0.3) is 0 Å². The molecule has 0 atom stereocenters. The normalized spacial score (nSPS) is 12.2. The Morgan fingerprint density at radius 2 is 1.88 bits per heavy atom. The van der Waals surface area contributed by atoms with Gasteiger partial charge in [-0.3, -0.25) is 0 Å². The Morgan fingerprint density at radius 3 is 2.24 bits per heavy atom. The third kappa shape index (κ3) is 2.90. The number of aryl methyl sites for hydroxylation is 1. The molecule has 0 radical (unpaired) electrons. The van der Waals surface area contributed by atoms with Crippen molar-refractivity contribution in [1.29, 1.82) is 5.26 Å². The Labute approximate surface area is 99.8 Å². The molecule has 0 aliphatic carbocycles. The van der Waals surface area contributed by atoms with Gasteiger partial charge in [-0.2, -0.15) is 18.4 Å². The Hall–Kier alpha value is -1.26. The van der Waals surface area contributed by atoms with Crippen molar-refractivity contribution in [1.82, 2.24) is 0 Å². The summed E-state index contributed by atoms with van der Waals surface area (Å²) in [4.78, 5) is -1.01. The molecule has 1 rings (SSSR count). The first-order valence-electron chi connectivity index (χ1n) is 4.14. The molecule has 1 aromatic carbocycles. The van der Waals surface area contributed by atoms with Crippen LogP contribution in [0.3, 0.4) is 0 Å². The maximum absolute atomic E-state index is 12.6. The lowest BCUT2D eigenvalue weighted by Gasteiger charge is -2.13. The predicted molar refractivity (Wildman–Crippen MR) is 53.9 cm³/mol. The third-order valence-electron chi connectivity index (χ3n) is 1.95. The van der Waals surface area contributed by atoms with Gasteiger partial charge in [-0.25, -0.2) is 8.42 Å². The third-order valence-corrected chi connectivity index (χ3v) is 3.45. The topological polar surface area (TPSA) is 57.9 Å². The first kappa shape index (κ1) is 13.8. The highest BCUT2D eigenvalue weighted by Gasteiger charge is 2.38. The summed E-state index contributed by atoms with van der Waals surface area (Å²) < 4.78 is 60.1. The number of hydrogen-bond acceptors (Lipinski definition) is 3. The van der Waals surface area contributed by atoms with E-state index in [1.54, 1.807) is 0 Å². The summed E-state index contributed by atoms with van der Waals surface area (Å²) in [6.45, 7) is 1.14. The van der Waals surface area contributed by atoms with E-state index in [0.29, 0.717) is 6.07 Å². The van der Waals surface area contributed by atoms with Gasteiger partial charge in [0.2, 0.25) is 0 Å². The van der Waals surface area contributed by atoms with Crippen molar-refractivity contribution in [2.45, 2.75) is 18.0 Å². The number of rotatable bonds is 1. The number of benzene rings is 1. The molecule has 0 spiro atoms. The zero-order valence-electron chi connectivity index (χ0n) is 8.34. The largest absolute Gasteiger partial charge is 0.417 e. The SMILES string of the molecule is Cc1cc(C#N)cc(C(F)(F)F)c1S(=O)(=O)Cl. The molecule has 17 heavy (non-hydrogen) atoms. The van der Waals surface area contributed by atoms with E-state index in [-0.39, 0.29) is 11.1 Å². The molecule has 0 saturated heterocycles. The molecule has 3 nitrogen and oxygen atoms in total. The van der Waals surface area contributed by atoms with Crippen LogP contribution in [0.4, 0.5) is 13.2 Å².